The molecule has 2 aromatic heterocycles. The lowest BCUT2D eigenvalue weighted by Crippen LogP contribution is -2.06. The molecule has 180 valence electrons. The van der Waals surface area contributed by atoms with Crippen LogP contribution in [0.1, 0.15) is 22.9 Å². The highest BCUT2D eigenvalue weighted by atomic mass is 32.2. The van der Waals surface area contributed by atoms with Crippen molar-refractivity contribution in [1.29, 1.82) is 0 Å². The van der Waals surface area contributed by atoms with Crippen molar-refractivity contribution in [3.63, 3.8) is 0 Å². The minimum Gasteiger partial charge on any atom is -0.441 e. The average molecular weight is 485 g/mol. The SMILES string of the molecule is Cc1oc(-c2ccccc2)nc1CCO.Cc1oc(-c2ccccc2)nc1CCOS(C)(=O)=O. The molecule has 4 rings (SSSR count). The maximum Gasteiger partial charge on any atom is 0.264 e. The summed E-state index contributed by atoms with van der Waals surface area (Å²) in [4.78, 5) is 8.70. The van der Waals surface area contributed by atoms with Gasteiger partial charge in [-0.2, -0.15) is 8.42 Å². The number of aromatic nitrogens is 2. The molecule has 0 unspecified atom stereocenters. The van der Waals surface area contributed by atoms with Gasteiger partial charge in [0.05, 0.1) is 24.3 Å². The molecule has 0 atom stereocenters. The van der Waals surface area contributed by atoms with Crippen molar-refractivity contribution in [2.45, 2.75) is 26.7 Å². The molecule has 4 aromatic rings. The Labute approximate surface area is 199 Å². The maximum absolute atomic E-state index is 10.9. The standard InChI is InChI=1S/C13H15NO4S.C12H13NO2/c1-10-12(8-9-17-19(2,15)16)14-13(18-10)11-6-4-3-5-7-11;1-9-11(7-8-14)13-12(15-9)10-5-3-2-4-6-10/h3-7H,8-9H2,1-2H3;2-6,14H,7-8H2,1H3. The number of aryl methyl sites for hydroxylation is 2. The first kappa shape index (κ1) is 25.4. The first-order valence-corrected chi connectivity index (χ1v) is 12.6. The quantitative estimate of drug-likeness (QED) is 0.367. The van der Waals surface area contributed by atoms with E-state index in [1.807, 2.05) is 67.6 Å². The van der Waals surface area contributed by atoms with Gasteiger partial charge in [0.25, 0.3) is 10.1 Å². The molecule has 9 heteroatoms. The van der Waals surface area contributed by atoms with Gasteiger partial charge in [0.15, 0.2) is 0 Å². The van der Waals surface area contributed by atoms with Crippen LogP contribution in [0.2, 0.25) is 0 Å². The number of aliphatic hydroxyl groups is 1. The summed E-state index contributed by atoms with van der Waals surface area (Å²) in [6, 6.07) is 19.3. The van der Waals surface area contributed by atoms with E-state index in [4.69, 9.17) is 18.1 Å². The van der Waals surface area contributed by atoms with Crippen molar-refractivity contribution in [2.24, 2.45) is 0 Å². The smallest absolute Gasteiger partial charge is 0.264 e. The van der Waals surface area contributed by atoms with E-state index in [-0.39, 0.29) is 13.2 Å². The van der Waals surface area contributed by atoms with Gasteiger partial charge in [-0.1, -0.05) is 36.4 Å². The molecule has 0 radical (unpaired) electrons. The van der Waals surface area contributed by atoms with Crippen LogP contribution in [-0.4, -0.2) is 43.0 Å². The summed E-state index contributed by atoms with van der Waals surface area (Å²) in [6.45, 7) is 3.84. The molecule has 1 N–H and O–H groups in total. The fourth-order valence-electron chi connectivity index (χ4n) is 3.12. The predicted octanol–water partition coefficient (Wildman–Crippen LogP) is 4.35. The van der Waals surface area contributed by atoms with E-state index in [0.717, 1.165) is 28.8 Å². The van der Waals surface area contributed by atoms with E-state index in [1.165, 1.54) is 0 Å². The third kappa shape index (κ3) is 7.38. The molecular weight excluding hydrogens is 456 g/mol. The zero-order valence-corrected chi connectivity index (χ0v) is 20.2. The summed E-state index contributed by atoms with van der Waals surface area (Å²) in [6.07, 6.45) is 1.97. The lowest BCUT2D eigenvalue weighted by molar-refractivity contribution is 0.297. The molecule has 0 fully saturated rings. The Kier molecular flexibility index (Phi) is 8.75. The number of nitrogens with zero attached hydrogens (tertiary/aromatic N) is 2. The minimum absolute atomic E-state index is 0.0699. The van der Waals surface area contributed by atoms with Gasteiger partial charge in [-0.15, -0.1) is 0 Å². The summed E-state index contributed by atoms with van der Waals surface area (Å²) < 4.78 is 37.5. The second-order valence-electron chi connectivity index (χ2n) is 7.53. The number of oxazole rings is 2. The van der Waals surface area contributed by atoms with E-state index >= 15 is 0 Å². The molecule has 0 saturated carbocycles. The zero-order valence-electron chi connectivity index (χ0n) is 19.4. The number of hydrogen-bond acceptors (Lipinski definition) is 8. The van der Waals surface area contributed by atoms with Crippen molar-refractivity contribution in [3.8, 4) is 22.9 Å². The fraction of sp³-hybridized carbons (Fsp3) is 0.280. The van der Waals surface area contributed by atoms with Crippen molar-refractivity contribution < 1.29 is 26.5 Å². The highest BCUT2D eigenvalue weighted by molar-refractivity contribution is 7.85. The maximum atomic E-state index is 10.9. The Balaban J connectivity index is 0.000000196. The van der Waals surface area contributed by atoms with Crippen molar-refractivity contribution in [1.82, 2.24) is 9.97 Å². The summed E-state index contributed by atoms with van der Waals surface area (Å²) in [7, 11) is -3.41. The molecule has 0 spiro atoms. The molecule has 34 heavy (non-hydrogen) atoms. The minimum atomic E-state index is -3.41. The van der Waals surface area contributed by atoms with Crippen molar-refractivity contribution >= 4 is 10.1 Å². The zero-order chi connectivity index (χ0) is 24.6. The Morgan fingerprint density at radius 1 is 0.794 bits per heavy atom. The van der Waals surface area contributed by atoms with Crippen LogP contribution in [0.3, 0.4) is 0 Å². The van der Waals surface area contributed by atoms with Crippen LogP contribution in [-0.2, 0) is 27.1 Å². The third-order valence-corrected chi connectivity index (χ3v) is 5.41. The Morgan fingerprint density at radius 2 is 1.24 bits per heavy atom. The van der Waals surface area contributed by atoms with Crippen LogP contribution in [0.4, 0.5) is 0 Å². The highest BCUT2D eigenvalue weighted by Crippen LogP contribution is 2.22. The molecule has 0 amide bonds. The lowest BCUT2D eigenvalue weighted by Gasteiger charge is -1.98. The fourth-order valence-corrected chi connectivity index (χ4v) is 3.51. The second-order valence-corrected chi connectivity index (χ2v) is 9.17. The molecule has 0 bridgehead atoms. The largest absolute Gasteiger partial charge is 0.441 e. The predicted molar refractivity (Wildman–Crippen MR) is 129 cm³/mol. The third-order valence-electron chi connectivity index (χ3n) is 4.81. The first-order chi connectivity index (χ1) is 16.3. The average Bonchev–Trinajstić information content (AvgIpc) is 3.37. The van der Waals surface area contributed by atoms with Gasteiger partial charge in [0, 0.05) is 30.6 Å². The van der Waals surface area contributed by atoms with Gasteiger partial charge in [0.2, 0.25) is 11.8 Å². The van der Waals surface area contributed by atoms with Crippen LogP contribution in [0, 0.1) is 13.8 Å². The van der Waals surface area contributed by atoms with Crippen molar-refractivity contribution in [2.75, 3.05) is 19.5 Å². The lowest BCUT2D eigenvalue weighted by atomic mass is 10.2. The Bertz CT molecular complexity index is 1280. The number of hydrogen-bond donors (Lipinski definition) is 1. The monoisotopic (exact) mass is 484 g/mol. The molecule has 0 aliphatic heterocycles. The molecular formula is C25H28N2O6S. The van der Waals surface area contributed by atoms with Gasteiger partial charge in [0.1, 0.15) is 11.5 Å². The van der Waals surface area contributed by atoms with E-state index < -0.39 is 10.1 Å². The van der Waals surface area contributed by atoms with Crippen LogP contribution in [0.5, 0.6) is 0 Å². The van der Waals surface area contributed by atoms with Gasteiger partial charge < -0.3 is 13.9 Å². The molecule has 0 aliphatic carbocycles. The number of aliphatic hydroxyl groups excluding tert-OH is 1. The summed E-state index contributed by atoms with van der Waals surface area (Å²) in [5, 5.41) is 8.84. The first-order valence-electron chi connectivity index (χ1n) is 10.8. The Morgan fingerprint density at radius 3 is 1.65 bits per heavy atom. The van der Waals surface area contributed by atoms with Crippen LogP contribution < -0.4 is 0 Å². The van der Waals surface area contributed by atoms with Crippen molar-refractivity contribution in [3.05, 3.63) is 83.6 Å². The van der Waals surface area contributed by atoms with Gasteiger partial charge >= 0.3 is 0 Å². The van der Waals surface area contributed by atoms with Crippen LogP contribution >= 0.6 is 0 Å². The number of benzene rings is 2. The van der Waals surface area contributed by atoms with Gasteiger partial charge in [-0.05, 0) is 38.1 Å². The molecule has 0 aliphatic rings. The highest BCUT2D eigenvalue weighted by Gasteiger charge is 2.12. The van der Waals surface area contributed by atoms with E-state index in [9.17, 15) is 8.42 Å². The molecule has 8 nitrogen and oxygen atoms in total. The van der Waals surface area contributed by atoms with E-state index in [0.29, 0.717) is 36.1 Å². The normalized spacial score (nSPS) is 11.2. The van der Waals surface area contributed by atoms with Gasteiger partial charge in [-0.25, -0.2) is 9.97 Å². The summed E-state index contributed by atoms with van der Waals surface area (Å²) >= 11 is 0. The van der Waals surface area contributed by atoms with Crippen LogP contribution in [0.15, 0.2) is 69.5 Å². The summed E-state index contributed by atoms with van der Waals surface area (Å²) in [5.74, 6) is 2.61. The van der Waals surface area contributed by atoms with E-state index in [2.05, 4.69) is 9.97 Å². The molecule has 2 aromatic carbocycles. The number of rotatable bonds is 8. The summed E-state index contributed by atoms with van der Waals surface area (Å²) in [5.41, 5.74) is 3.39. The van der Waals surface area contributed by atoms with Crippen LogP contribution in [0.25, 0.3) is 22.9 Å². The second kappa shape index (κ2) is 11.7. The molecule has 0 saturated heterocycles. The molecule has 2 heterocycles. The van der Waals surface area contributed by atoms with E-state index in [1.54, 1.807) is 6.92 Å². The topological polar surface area (TPSA) is 116 Å². The Hall–Kier alpha value is -3.27. The van der Waals surface area contributed by atoms with Gasteiger partial charge in [-0.3, -0.25) is 4.18 Å².